The van der Waals surface area contributed by atoms with Gasteiger partial charge in [-0.2, -0.15) is 0 Å². The second kappa shape index (κ2) is 7.64. The number of halogens is 3. The molecule has 0 bridgehead atoms. The molecule has 1 fully saturated rings. The van der Waals surface area contributed by atoms with Crippen molar-refractivity contribution in [3.05, 3.63) is 59.4 Å². The van der Waals surface area contributed by atoms with Crippen LogP contribution in [-0.4, -0.2) is 42.1 Å². The number of piperazine rings is 1. The lowest BCUT2D eigenvalue weighted by Crippen LogP contribution is -2.57. The van der Waals surface area contributed by atoms with Crippen molar-refractivity contribution in [2.24, 2.45) is 0 Å². The quantitative estimate of drug-likeness (QED) is 0.589. The Kier molecular flexibility index (Phi) is 5.46. The maximum absolute atomic E-state index is 13.9. The fourth-order valence-corrected chi connectivity index (χ4v) is 3.75. The Morgan fingerprint density at radius 3 is 2.44 bits per heavy atom. The number of thioether (sulfide) groups is 1. The summed E-state index contributed by atoms with van der Waals surface area (Å²) < 4.78 is 40.4. The molecule has 8 heteroatoms. The molecule has 1 unspecified atom stereocenters. The largest absolute Gasteiger partial charge is 0.327 e. The zero-order valence-electron chi connectivity index (χ0n) is 14.7. The lowest BCUT2D eigenvalue weighted by atomic mass is 10.1. The molecular weight excluding hydrogens is 377 g/mol. The van der Waals surface area contributed by atoms with Gasteiger partial charge >= 0.3 is 0 Å². The highest BCUT2D eigenvalue weighted by Gasteiger charge is 2.35. The van der Waals surface area contributed by atoms with E-state index in [1.54, 1.807) is 11.8 Å². The minimum Gasteiger partial charge on any atom is -0.327 e. The lowest BCUT2D eigenvalue weighted by Gasteiger charge is -2.40. The summed E-state index contributed by atoms with van der Waals surface area (Å²) >= 11 is 1.50. The molecule has 1 aliphatic rings. The van der Waals surface area contributed by atoms with E-state index in [1.165, 1.54) is 11.8 Å². The molecule has 1 saturated heterocycles. The zero-order valence-corrected chi connectivity index (χ0v) is 15.5. The zero-order chi connectivity index (χ0) is 19.7. The van der Waals surface area contributed by atoms with Crippen molar-refractivity contribution in [2.75, 3.05) is 24.2 Å². The van der Waals surface area contributed by atoms with Crippen LogP contribution >= 0.6 is 11.8 Å². The number of amides is 2. The van der Waals surface area contributed by atoms with Gasteiger partial charge < -0.3 is 9.80 Å². The van der Waals surface area contributed by atoms with Crippen molar-refractivity contribution in [3.8, 4) is 0 Å². The predicted octanol–water partition coefficient (Wildman–Crippen LogP) is 3.70. The van der Waals surface area contributed by atoms with Gasteiger partial charge in [-0.05, 0) is 31.4 Å². The third-order valence-corrected chi connectivity index (χ3v) is 5.18. The van der Waals surface area contributed by atoms with Gasteiger partial charge in [0.2, 0.25) is 5.91 Å². The van der Waals surface area contributed by atoms with Gasteiger partial charge in [-0.15, -0.1) is 11.8 Å². The minimum absolute atomic E-state index is 0.145. The predicted molar refractivity (Wildman–Crippen MR) is 97.4 cm³/mol. The number of benzene rings is 2. The molecule has 4 nitrogen and oxygen atoms in total. The second-order valence-electron chi connectivity index (χ2n) is 6.22. The fourth-order valence-electron chi connectivity index (χ4n) is 3.16. The van der Waals surface area contributed by atoms with E-state index in [1.807, 2.05) is 30.5 Å². The van der Waals surface area contributed by atoms with Crippen LogP contribution in [0.3, 0.4) is 0 Å². The van der Waals surface area contributed by atoms with Crippen molar-refractivity contribution in [1.29, 1.82) is 0 Å². The third-order valence-electron chi connectivity index (χ3n) is 4.39. The maximum Gasteiger partial charge on any atom is 0.257 e. The molecule has 0 spiro atoms. The summed E-state index contributed by atoms with van der Waals surface area (Å²) in [4.78, 5) is 29.0. The molecular formula is C19H17F3N2O2S. The summed E-state index contributed by atoms with van der Waals surface area (Å²) in [5, 5.41) is 0. The fraction of sp³-hybridized carbons (Fsp3) is 0.263. The molecule has 0 aromatic heterocycles. The smallest absolute Gasteiger partial charge is 0.257 e. The number of carbonyl (C=O) groups is 2. The van der Waals surface area contributed by atoms with Crippen LogP contribution in [0, 0.1) is 17.5 Å². The highest BCUT2D eigenvalue weighted by molar-refractivity contribution is 7.98. The van der Waals surface area contributed by atoms with E-state index >= 15 is 0 Å². The normalized spacial score (nSPS) is 17.4. The number of nitrogens with zero attached hydrogens (tertiary/aromatic N) is 2. The molecule has 0 aliphatic carbocycles. The van der Waals surface area contributed by atoms with Gasteiger partial charge in [-0.25, -0.2) is 13.2 Å². The van der Waals surface area contributed by atoms with E-state index in [2.05, 4.69) is 0 Å². The average molecular weight is 394 g/mol. The number of para-hydroxylation sites is 1. The van der Waals surface area contributed by atoms with E-state index in [4.69, 9.17) is 0 Å². The van der Waals surface area contributed by atoms with Gasteiger partial charge in [0, 0.05) is 17.5 Å². The Labute approximate surface area is 158 Å². The summed E-state index contributed by atoms with van der Waals surface area (Å²) in [7, 11) is 0. The molecule has 2 aromatic carbocycles. The minimum atomic E-state index is -1.37. The van der Waals surface area contributed by atoms with Crippen LogP contribution in [0.5, 0.6) is 0 Å². The van der Waals surface area contributed by atoms with Crippen LogP contribution in [0.15, 0.2) is 41.3 Å². The highest BCUT2D eigenvalue weighted by atomic mass is 32.2. The molecule has 0 N–H and O–H groups in total. The van der Waals surface area contributed by atoms with Crippen molar-refractivity contribution >= 4 is 29.3 Å². The van der Waals surface area contributed by atoms with Crippen molar-refractivity contribution in [3.63, 3.8) is 0 Å². The Bertz CT molecular complexity index is 907. The van der Waals surface area contributed by atoms with E-state index < -0.39 is 28.9 Å². The van der Waals surface area contributed by atoms with E-state index in [9.17, 15) is 22.8 Å². The second-order valence-corrected chi connectivity index (χ2v) is 7.06. The number of carbonyl (C=O) groups excluding carboxylic acids is 2. The maximum atomic E-state index is 13.9. The Morgan fingerprint density at radius 1 is 1.11 bits per heavy atom. The van der Waals surface area contributed by atoms with Crippen LogP contribution in [0.4, 0.5) is 18.9 Å². The summed E-state index contributed by atoms with van der Waals surface area (Å²) in [6.07, 6.45) is 1.90. The first-order valence-corrected chi connectivity index (χ1v) is 9.44. The van der Waals surface area contributed by atoms with Gasteiger partial charge in [0.05, 0.1) is 17.3 Å². The van der Waals surface area contributed by atoms with E-state index in [0.29, 0.717) is 12.1 Å². The summed E-state index contributed by atoms with van der Waals surface area (Å²) in [5.41, 5.74) is 0.153. The molecule has 1 atom stereocenters. The van der Waals surface area contributed by atoms with Gasteiger partial charge in [0.15, 0.2) is 11.6 Å². The number of hydrogen-bond donors (Lipinski definition) is 0. The summed E-state index contributed by atoms with van der Waals surface area (Å²) in [5.74, 6) is -5.01. The van der Waals surface area contributed by atoms with Crippen LogP contribution in [0.1, 0.15) is 17.3 Å². The van der Waals surface area contributed by atoms with Crippen LogP contribution in [0.2, 0.25) is 0 Å². The summed E-state index contributed by atoms with van der Waals surface area (Å²) in [6.45, 7) is 1.64. The highest BCUT2D eigenvalue weighted by Crippen LogP contribution is 2.31. The van der Waals surface area contributed by atoms with Crippen molar-refractivity contribution in [1.82, 2.24) is 4.90 Å². The number of hydrogen-bond acceptors (Lipinski definition) is 3. The molecule has 0 radical (unpaired) electrons. The topological polar surface area (TPSA) is 40.6 Å². The molecule has 1 heterocycles. The Balaban J connectivity index is 1.86. The molecule has 3 rings (SSSR count). The molecule has 2 aromatic rings. The standard InChI is InChI=1S/C19H17F3N2O2S/c1-11-9-23(19(26)12-7-14(21)15(22)8-13(12)20)10-18(25)24(11)16-5-3-4-6-17(16)27-2/h3-8,11H,9-10H2,1-2H3. The van der Waals surface area contributed by atoms with Crippen molar-refractivity contribution in [2.45, 2.75) is 17.9 Å². The number of rotatable bonds is 3. The van der Waals surface area contributed by atoms with Gasteiger partial charge in [0.25, 0.3) is 5.91 Å². The third kappa shape index (κ3) is 3.66. The SMILES string of the molecule is CSc1ccccc1N1C(=O)CN(C(=O)c2cc(F)c(F)cc2F)CC1C. The van der Waals surface area contributed by atoms with E-state index in [0.717, 1.165) is 15.5 Å². The lowest BCUT2D eigenvalue weighted by molar-refractivity contribution is -0.121. The molecule has 27 heavy (non-hydrogen) atoms. The first-order chi connectivity index (χ1) is 12.8. The average Bonchev–Trinajstić information content (AvgIpc) is 2.64. The van der Waals surface area contributed by atoms with E-state index in [-0.39, 0.29) is 25.0 Å². The van der Waals surface area contributed by atoms with Crippen LogP contribution in [-0.2, 0) is 4.79 Å². The van der Waals surface area contributed by atoms with Gasteiger partial charge in [-0.3, -0.25) is 9.59 Å². The van der Waals surface area contributed by atoms with Gasteiger partial charge in [-0.1, -0.05) is 12.1 Å². The van der Waals surface area contributed by atoms with Crippen LogP contribution < -0.4 is 4.90 Å². The van der Waals surface area contributed by atoms with Crippen LogP contribution in [0.25, 0.3) is 0 Å². The Morgan fingerprint density at radius 2 is 1.78 bits per heavy atom. The molecule has 142 valence electrons. The first kappa shape index (κ1) is 19.3. The molecule has 1 aliphatic heterocycles. The Hall–Kier alpha value is -2.48. The molecule has 2 amide bonds. The first-order valence-electron chi connectivity index (χ1n) is 8.22. The summed E-state index contributed by atoms with van der Waals surface area (Å²) in [6, 6.07) is 7.91. The van der Waals surface area contributed by atoms with Crippen molar-refractivity contribution < 1.29 is 22.8 Å². The molecule has 0 saturated carbocycles. The van der Waals surface area contributed by atoms with Gasteiger partial charge in [0.1, 0.15) is 12.4 Å². The monoisotopic (exact) mass is 394 g/mol. The number of anilines is 1.